The zero-order valence-electron chi connectivity index (χ0n) is 11.0. The van der Waals surface area contributed by atoms with Crippen LogP contribution in [0.15, 0.2) is 18.2 Å². The van der Waals surface area contributed by atoms with Crippen LogP contribution in [0.4, 0.5) is 11.4 Å². The maximum atomic E-state index is 11.1. The van der Waals surface area contributed by atoms with Crippen LogP contribution >= 0.6 is 11.8 Å². The van der Waals surface area contributed by atoms with Crippen molar-refractivity contribution in [2.75, 3.05) is 22.1 Å². The average molecular weight is 264 g/mol. The summed E-state index contributed by atoms with van der Waals surface area (Å²) in [7, 11) is 0. The van der Waals surface area contributed by atoms with Gasteiger partial charge in [0.2, 0.25) is 5.91 Å². The molecule has 98 valence electrons. The second-order valence-electron chi connectivity index (χ2n) is 4.74. The molecule has 2 N–H and O–H groups in total. The Bertz CT molecular complexity index is 428. The molecule has 0 spiro atoms. The van der Waals surface area contributed by atoms with Gasteiger partial charge in [-0.15, -0.1) is 0 Å². The van der Waals surface area contributed by atoms with Gasteiger partial charge in [-0.2, -0.15) is 11.8 Å². The molecule has 4 heteroatoms. The van der Waals surface area contributed by atoms with Gasteiger partial charge in [0.1, 0.15) is 0 Å². The van der Waals surface area contributed by atoms with Crippen molar-refractivity contribution in [1.29, 1.82) is 0 Å². The lowest BCUT2D eigenvalue weighted by Gasteiger charge is -2.24. The van der Waals surface area contributed by atoms with Crippen molar-refractivity contribution in [3.63, 3.8) is 0 Å². The number of hydrogen-bond donors (Lipinski definition) is 2. The van der Waals surface area contributed by atoms with E-state index in [9.17, 15) is 4.79 Å². The van der Waals surface area contributed by atoms with Gasteiger partial charge in [0, 0.05) is 24.3 Å². The van der Waals surface area contributed by atoms with E-state index in [1.807, 2.05) is 30.8 Å². The lowest BCUT2D eigenvalue weighted by Crippen LogP contribution is -2.24. The van der Waals surface area contributed by atoms with Gasteiger partial charge in [0.05, 0.1) is 0 Å². The van der Waals surface area contributed by atoms with E-state index in [4.69, 9.17) is 0 Å². The van der Waals surface area contributed by atoms with Gasteiger partial charge < -0.3 is 10.6 Å². The number of anilines is 2. The minimum absolute atomic E-state index is 0.0238. The van der Waals surface area contributed by atoms with E-state index in [0.717, 1.165) is 16.9 Å². The monoisotopic (exact) mass is 264 g/mol. The number of benzene rings is 1. The van der Waals surface area contributed by atoms with Gasteiger partial charge >= 0.3 is 0 Å². The van der Waals surface area contributed by atoms with E-state index in [-0.39, 0.29) is 5.91 Å². The van der Waals surface area contributed by atoms with Crippen LogP contribution in [-0.4, -0.2) is 23.5 Å². The molecule has 1 aromatic rings. The summed E-state index contributed by atoms with van der Waals surface area (Å²) in [6.07, 6.45) is 2.43. The van der Waals surface area contributed by atoms with E-state index < -0.39 is 0 Å². The number of amides is 1. The molecular formula is C14H20N2OS. The Morgan fingerprint density at radius 1 is 1.33 bits per heavy atom. The van der Waals surface area contributed by atoms with Gasteiger partial charge in [-0.05, 0) is 49.0 Å². The molecule has 0 bridgehead atoms. The van der Waals surface area contributed by atoms with Crippen molar-refractivity contribution in [3.8, 4) is 0 Å². The molecule has 18 heavy (non-hydrogen) atoms. The molecule has 1 heterocycles. The Morgan fingerprint density at radius 2 is 2.06 bits per heavy atom. The first kappa shape index (κ1) is 13.3. The molecule has 0 saturated carbocycles. The third-order valence-corrected chi connectivity index (χ3v) is 4.19. The van der Waals surface area contributed by atoms with Gasteiger partial charge in [0.25, 0.3) is 0 Å². The number of aryl methyl sites for hydroxylation is 1. The van der Waals surface area contributed by atoms with Crippen molar-refractivity contribution < 1.29 is 4.79 Å². The van der Waals surface area contributed by atoms with Gasteiger partial charge in [0.15, 0.2) is 0 Å². The zero-order valence-corrected chi connectivity index (χ0v) is 11.8. The number of rotatable bonds is 3. The lowest BCUT2D eigenvalue weighted by molar-refractivity contribution is -0.114. The minimum Gasteiger partial charge on any atom is -0.382 e. The summed E-state index contributed by atoms with van der Waals surface area (Å²) in [6.45, 7) is 3.55. The summed E-state index contributed by atoms with van der Waals surface area (Å²) >= 11 is 2.03. The highest BCUT2D eigenvalue weighted by molar-refractivity contribution is 7.99. The van der Waals surface area contributed by atoms with Crippen molar-refractivity contribution in [2.24, 2.45) is 0 Å². The van der Waals surface area contributed by atoms with Crippen LogP contribution in [0, 0.1) is 6.92 Å². The predicted octanol–water partition coefficient (Wildman–Crippen LogP) is 3.26. The van der Waals surface area contributed by atoms with Gasteiger partial charge in [-0.3, -0.25) is 4.79 Å². The quantitative estimate of drug-likeness (QED) is 0.880. The summed E-state index contributed by atoms with van der Waals surface area (Å²) in [6, 6.07) is 6.73. The minimum atomic E-state index is -0.0238. The zero-order chi connectivity index (χ0) is 13.0. The molecule has 0 radical (unpaired) electrons. The molecule has 1 aliphatic heterocycles. The second kappa shape index (κ2) is 6.14. The number of nitrogens with one attached hydrogen (secondary N) is 2. The molecule has 0 unspecified atom stereocenters. The summed E-state index contributed by atoms with van der Waals surface area (Å²) in [5, 5.41) is 6.42. The first-order valence-electron chi connectivity index (χ1n) is 6.37. The van der Waals surface area contributed by atoms with E-state index in [0.29, 0.717) is 6.04 Å². The second-order valence-corrected chi connectivity index (χ2v) is 5.97. The number of thioether (sulfide) groups is 1. The third kappa shape index (κ3) is 3.67. The van der Waals surface area contributed by atoms with Crippen molar-refractivity contribution in [1.82, 2.24) is 0 Å². The molecule has 0 aromatic heterocycles. The standard InChI is InChI=1S/C14H20N2OS/c1-10-3-4-13(9-14(10)15-11(2)17)16-12-5-7-18-8-6-12/h3-4,9,12,16H,5-8H2,1-2H3,(H,15,17). The molecule has 3 nitrogen and oxygen atoms in total. The largest absolute Gasteiger partial charge is 0.382 e. The van der Waals surface area contributed by atoms with Crippen LogP contribution in [0.25, 0.3) is 0 Å². The molecule has 0 atom stereocenters. The molecule has 1 aliphatic rings. The first-order chi connectivity index (χ1) is 8.65. The van der Waals surface area contributed by atoms with Crippen LogP contribution in [0.1, 0.15) is 25.3 Å². The van der Waals surface area contributed by atoms with Crippen LogP contribution in [0.5, 0.6) is 0 Å². The smallest absolute Gasteiger partial charge is 0.221 e. The fraction of sp³-hybridized carbons (Fsp3) is 0.500. The number of carbonyl (C=O) groups excluding carboxylic acids is 1. The highest BCUT2D eigenvalue weighted by atomic mass is 32.2. The Labute approximate surface area is 113 Å². The highest BCUT2D eigenvalue weighted by Crippen LogP contribution is 2.24. The molecule has 1 saturated heterocycles. The van der Waals surface area contributed by atoms with E-state index in [1.165, 1.54) is 31.3 Å². The molecule has 1 aromatic carbocycles. The molecule has 0 aliphatic carbocycles. The Hall–Kier alpha value is -1.16. The highest BCUT2D eigenvalue weighted by Gasteiger charge is 2.13. The molecule has 1 amide bonds. The fourth-order valence-electron chi connectivity index (χ4n) is 2.11. The first-order valence-corrected chi connectivity index (χ1v) is 7.53. The Kier molecular flexibility index (Phi) is 4.53. The summed E-state index contributed by atoms with van der Waals surface area (Å²) in [5.41, 5.74) is 3.09. The Morgan fingerprint density at radius 3 is 2.72 bits per heavy atom. The third-order valence-electron chi connectivity index (χ3n) is 3.14. The Balaban J connectivity index is 2.05. The number of carbonyl (C=O) groups is 1. The lowest BCUT2D eigenvalue weighted by atomic mass is 10.1. The van der Waals surface area contributed by atoms with Crippen LogP contribution in [-0.2, 0) is 4.79 Å². The summed E-state index contributed by atoms with van der Waals surface area (Å²) in [5.74, 6) is 2.45. The summed E-state index contributed by atoms with van der Waals surface area (Å²) < 4.78 is 0. The normalized spacial score (nSPS) is 16.3. The topological polar surface area (TPSA) is 41.1 Å². The number of hydrogen-bond acceptors (Lipinski definition) is 3. The predicted molar refractivity (Wildman–Crippen MR) is 79.5 cm³/mol. The molecular weight excluding hydrogens is 244 g/mol. The van der Waals surface area contributed by atoms with E-state index >= 15 is 0 Å². The maximum absolute atomic E-state index is 11.1. The van der Waals surface area contributed by atoms with Crippen molar-refractivity contribution in [3.05, 3.63) is 23.8 Å². The molecule has 1 fully saturated rings. The van der Waals surface area contributed by atoms with Gasteiger partial charge in [-0.1, -0.05) is 6.07 Å². The van der Waals surface area contributed by atoms with E-state index in [1.54, 1.807) is 0 Å². The maximum Gasteiger partial charge on any atom is 0.221 e. The van der Waals surface area contributed by atoms with Crippen LogP contribution in [0.2, 0.25) is 0 Å². The molecule has 2 rings (SSSR count). The van der Waals surface area contributed by atoms with E-state index in [2.05, 4.69) is 16.7 Å². The van der Waals surface area contributed by atoms with Crippen molar-refractivity contribution >= 4 is 29.0 Å². The fourth-order valence-corrected chi connectivity index (χ4v) is 3.22. The van der Waals surface area contributed by atoms with Crippen LogP contribution in [0.3, 0.4) is 0 Å². The summed E-state index contributed by atoms with van der Waals surface area (Å²) in [4.78, 5) is 11.1. The van der Waals surface area contributed by atoms with Crippen molar-refractivity contribution in [2.45, 2.75) is 32.7 Å². The average Bonchev–Trinajstić information content (AvgIpc) is 2.34. The SMILES string of the molecule is CC(=O)Nc1cc(NC2CCSCC2)ccc1C. The van der Waals surface area contributed by atoms with Gasteiger partial charge in [-0.25, -0.2) is 0 Å². The van der Waals surface area contributed by atoms with Crippen LogP contribution < -0.4 is 10.6 Å².